The molecule has 1 aromatic heterocycles. The maximum absolute atomic E-state index is 5.93. The lowest BCUT2D eigenvalue weighted by molar-refractivity contribution is 0.00466. The summed E-state index contributed by atoms with van der Waals surface area (Å²) in [6, 6.07) is 0.277. The fraction of sp³-hybridized carbons (Fsp3) is 0.769. The van der Waals surface area contributed by atoms with Crippen molar-refractivity contribution in [3.63, 3.8) is 0 Å². The van der Waals surface area contributed by atoms with Crippen LogP contribution in [0.5, 0.6) is 6.01 Å². The summed E-state index contributed by atoms with van der Waals surface area (Å²) in [5.41, 5.74) is -0.228. The summed E-state index contributed by atoms with van der Waals surface area (Å²) < 4.78 is 10.9. The molecule has 0 atom stereocenters. The quantitative estimate of drug-likeness (QED) is 0.803. The minimum absolute atomic E-state index is 0.169. The SMILES string of the molecule is COC(C)(C)CCOc1nc(Cl)nc(N2CCCC2)n1. The van der Waals surface area contributed by atoms with Gasteiger partial charge in [0.1, 0.15) is 0 Å². The normalized spacial score (nSPS) is 15.7. The van der Waals surface area contributed by atoms with E-state index in [-0.39, 0.29) is 16.9 Å². The van der Waals surface area contributed by atoms with Gasteiger partial charge in [-0.3, -0.25) is 0 Å². The molecule has 7 heteroatoms. The highest BCUT2D eigenvalue weighted by Gasteiger charge is 2.19. The van der Waals surface area contributed by atoms with Crippen LogP contribution in [0.3, 0.4) is 0 Å². The van der Waals surface area contributed by atoms with E-state index in [0.717, 1.165) is 32.4 Å². The molecular weight excluding hydrogens is 280 g/mol. The van der Waals surface area contributed by atoms with E-state index in [0.29, 0.717) is 12.6 Å². The summed E-state index contributed by atoms with van der Waals surface area (Å²) in [7, 11) is 1.69. The molecule has 0 N–H and O–H groups in total. The third kappa shape index (κ3) is 4.18. The number of anilines is 1. The van der Waals surface area contributed by atoms with Crippen LogP contribution in [0.4, 0.5) is 5.95 Å². The molecule has 0 aromatic carbocycles. The van der Waals surface area contributed by atoms with Crippen LogP contribution in [0.25, 0.3) is 0 Å². The Morgan fingerprint density at radius 2 is 1.90 bits per heavy atom. The number of hydrogen-bond donors (Lipinski definition) is 0. The lowest BCUT2D eigenvalue weighted by Gasteiger charge is -2.22. The van der Waals surface area contributed by atoms with Crippen molar-refractivity contribution in [2.45, 2.75) is 38.7 Å². The predicted molar refractivity (Wildman–Crippen MR) is 77.5 cm³/mol. The van der Waals surface area contributed by atoms with Gasteiger partial charge in [0.25, 0.3) is 0 Å². The van der Waals surface area contributed by atoms with E-state index in [4.69, 9.17) is 21.1 Å². The van der Waals surface area contributed by atoms with Crippen LogP contribution in [0.1, 0.15) is 33.1 Å². The number of hydrogen-bond acceptors (Lipinski definition) is 6. The second kappa shape index (κ2) is 6.54. The van der Waals surface area contributed by atoms with E-state index in [9.17, 15) is 0 Å². The van der Waals surface area contributed by atoms with E-state index in [1.807, 2.05) is 13.8 Å². The number of ether oxygens (including phenoxy) is 2. The van der Waals surface area contributed by atoms with Gasteiger partial charge in [-0.15, -0.1) is 0 Å². The zero-order valence-corrected chi connectivity index (χ0v) is 13.0. The Hall–Kier alpha value is -1.14. The fourth-order valence-corrected chi connectivity index (χ4v) is 2.08. The summed E-state index contributed by atoms with van der Waals surface area (Å²) in [4.78, 5) is 14.6. The first-order chi connectivity index (χ1) is 9.50. The molecule has 0 radical (unpaired) electrons. The van der Waals surface area contributed by atoms with Crippen LogP contribution in [-0.4, -0.2) is 47.4 Å². The van der Waals surface area contributed by atoms with E-state index < -0.39 is 0 Å². The molecule has 1 aliphatic rings. The van der Waals surface area contributed by atoms with Crippen LogP contribution in [0.15, 0.2) is 0 Å². The fourth-order valence-electron chi connectivity index (χ4n) is 1.94. The Labute approximate surface area is 124 Å². The smallest absolute Gasteiger partial charge is 0.322 e. The molecule has 0 amide bonds. The first-order valence-corrected chi connectivity index (χ1v) is 7.22. The van der Waals surface area contributed by atoms with Crippen LogP contribution < -0.4 is 9.64 Å². The van der Waals surface area contributed by atoms with Gasteiger partial charge >= 0.3 is 6.01 Å². The van der Waals surface area contributed by atoms with Gasteiger partial charge in [-0.05, 0) is 38.3 Å². The minimum atomic E-state index is -0.228. The molecule has 0 bridgehead atoms. The van der Waals surface area contributed by atoms with E-state index >= 15 is 0 Å². The van der Waals surface area contributed by atoms with Gasteiger partial charge in [-0.25, -0.2) is 0 Å². The molecule has 2 rings (SSSR count). The molecule has 0 unspecified atom stereocenters. The van der Waals surface area contributed by atoms with Crippen molar-refractivity contribution in [3.05, 3.63) is 5.28 Å². The van der Waals surface area contributed by atoms with Crippen molar-refractivity contribution in [2.75, 3.05) is 31.7 Å². The van der Waals surface area contributed by atoms with Gasteiger partial charge in [-0.1, -0.05) is 0 Å². The minimum Gasteiger partial charge on any atom is -0.463 e. The van der Waals surface area contributed by atoms with Crippen LogP contribution in [0, 0.1) is 0 Å². The number of aromatic nitrogens is 3. The third-order valence-electron chi connectivity index (χ3n) is 3.45. The van der Waals surface area contributed by atoms with Gasteiger partial charge in [-0.2, -0.15) is 15.0 Å². The van der Waals surface area contributed by atoms with Crippen molar-refractivity contribution in [1.29, 1.82) is 0 Å². The molecule has 0 saturated carbocycles. The highest BCUT2D eigenvalue weighted by Crippen LogP contribution is 2.20. The maximum atomic E-state index is 5.93. The van der Waals surface area contributed by atoms with Gasteiger partial charge in [0.05, 0.1) is 12.2 Å². The van der Waals surface area contributed by atoms with Crippen molar-refractivity contribution < 1.29 is 9.47 Å². The van der Waals surface area contributed by atoms with Gasteiger partial charge in [0.2, 0.25) is 11.2 Å². The highest BCUT2D eigenvalue weighted by molar-refractivity contribution is 6.28. The number of methoxy groups -OCH3 is 1. The van der Waals surface area contributed by atoms with Crippen molar-refractivity contribution >= 4 is 17.5 Å². The molecule has 2 heterocycles. The van der Waals surface area contributed by atoms with Crippen molar-refractivity contribution in [1.82, 2.24) is 15.0 Å². The predicted octanol–water partition coefficient (Wildman–Crippen LogP) is 2.32. The summed E-state index contributed by atoms with van der Waals surface area (Å²) in [5, 5.41) is 0.169. The largest absolute Gasteiger partial charge is 0.463 e. The Balaban J connectivity index is 1.97. The molecular formula is C13H21ClN4O2. The average Bonchev–Trinajstić information content (AvgIpc) is 2.92. The lowest BCUT2D eigenvalue weighted by Crippen LogP contribution is -2.25. The maximum Gasteiger partial charge on any atom is 0.322 e. The molecule has 112 valence electrons. The Morgan fingerprint density at radius 3 is 2.55 bits per heavy atom. The summed E-state index contributed by atoms with van der Waals surface area (Å²) in [5.74, 6) is 0.600. The zero-order chi connectivity index (χ0) is 14.6. The standard InChI is InChI=1S/C13H21ClN4O2/c1-13(2,19-3)6-9-20-12-16-10(14)15-11(17-12)18-7-4-5-8-18/h4-9H2,1-3H3. The molecule has 0 aliphatic carbocycles. The molecule has 6 nitrogen and oxygen atoms in total. The second-order valence-corrected chi connectivity index (χ2v) is 5.78. The second-order valence-electron chi connectivity index (χ2n) is 5.44. The molecule has 20 heavy (non-hydrogen) atoms. The number of rotatable bonds is 6. The summed E-state index contributed by atoms with van der Waals surface area (Å²) in [6.07, 6.45) is 3.05. The first kappa shape index (κ1) is 15.3. The van der Waals surface area contributed by atoms with Gasteiger partial charge in [0, 0.05) is 26.6 Å². The first-order valence-electron chi connectivity index (χ1n) is 6.85. The molecule has 1 aromatic rings. The summed E-state index contributed by atoms with van der Waals surface area (Å²) in [6.45, 7) is 6.40. The Bertz CT molecular complexity index is 450. The highest BCUT2D eigenvalue weighted by atomic mass is 35.5. The van der Waals surface area contributed by atoms with Crippen molar-refractivity contribution in [3.8, 4) is 6.01 Å². The Kier molecular flexibility index (Phi) is 4.99. The van der Waals surface area contributed by atoms with Gasteiger partial charge < -0.3 is 14.4 Å². The molecule has 1 saturated heterocycles. The topological polar surface area (TPSA) is 60.4 Å². The van der Waals surface area contributed by atoms with Crippen molar-refractivity contribution in [2.24, 2.45) is 0 Å². The number of nitrogens with zero attached hydrogens (tertiary/aromatic N) is 4. The van der Waals surface area contributed by atoms with Gasteiger partial charge in [0.15, 0.2) is 0 Å². The summed E-state index contributed by atoms with van der Waals surface area (Å²) >= 11 is 5.93. The van der Waals surface area contributed by atoms with E-state index in [2.05, 4.69) is 19.9 Å². The van der Waals surface area contributed by atoms with Crippen LogP contribution in [0.2, 0.25) is 5.28 Å². The van der Waals surface area contributed by atoms with E-state index in [1.54, 1.807) is 7.11 Å². The van der Waals surface area contributed by atoms with Crippen LogP contribution >= 0.6 is 11.6 Å². The number of halogens is 1. The monoisotopic (exact) mass is 300 g/mol. The lowest BCUT2D eigenvalue weighted by atomic mass is 10.1. The average molecular weight is 301 g/mol. The van der Waals surface area contributed by atoms with E-state index in [1.165, 1.54) is 0 Å². The molecule has 0 spiro atoms. The molecule has 1 fully saturated rings. The van der Waals surface area contributed by atoms with Crippen LogP contribution in [-0.2, 0) is 4.74 Å². The Morgan fingerprint density at radius 1 is 1.20 bits per heavy atom. The zero-order valence-electron chi connectivity index (χ0n) is 12.2. The molecule has 1 aliphatic heterocycles. The third-order valence-corrected chi connectivity index (χ3v) is 3.62.